The highest BCUT2D eigenvalue weighted by Crippen LogP contribution is 2.35. The highest BCUT2D eigenvalue weighted by molar-refractivity contribution is 9.10. The Morgan fingerprint density at radius 1 is 1.55 bits per heavy atom. The van der Waals surface area contributed by atoms with E-state index in [1.165, 1.54) is 14.9 Å². The van der Waals surface area contributed by atoms with Crippen molar-refractivity contribution in [2.75, 3.05) is 7.05 Å². The van der Waals surface area contributed by atoms with E-state index in [4.69, 9.17) is 0 Å². The summed E-state index contributed by atoms with van der Waals surface area (Å²) in [5.74, 6) is 0. The van der Waals surface area contributed by atoms with Crippen LogP contribution in [0.2, 0.25) is 0 Å². The molecule has 11 heavy (non-hydrogen) atoms. The van der Waals surface area contributed by atoms with Crippen molar-refractivity contribution in [3.05, 3.63) is 28.2 Å². The lowest BCUT2D eigenvalue weighted by Crippen LogP contribution is -1.99. The highest BCUT2D eigenvalue weighted by Gasteiger charge is 2.15. The van der Waals surface area contributed by atoms with Gasteiger partial charge in [0.05, 0.1) is 0 Å². The van der Waals surface area contributed by atoms with E-state index in [1.54, 1.807) is 0 Å². The Balaban J connectivity index is 2.43. The maximum absolute atomic E-state index is 3.46. The molecule has 0 aliphatic carbocycles. The van der Waals surface area contributed by atoms with Crippen LogP contribution in [0.15, 0.2) is 27.6 Å². The van der Waals surface area contributed by atoms with Gasteiger partial charge >= 0.3 is 0 Å². The van der Waals surface area contributed by atoms with Crippen LogP contribution < -0.4 is 0 Å². The molecule has 1 aliphatic rings. The summed E-state index contributed by atoms with van der Waals surface area (Å²) in [6.45, 7) is 1.06. The molecule has 0 aromatic heterocycles. The predicted octanol–water partition coefficient (Wildman–Crippen LogP) is 2.90. The molecule has 1 heterocycles. The van der Waals surface area contributed by atoms with E-state index in [9.17, 15) is 0 Å². The van der Waals surface area contributed by atoms with Gasteiger partial charge in [-0.3, -0.25) is 0 Å². The SMILES string of the molecule is CN1Cc2cc(Br)ccc2S1. The summed E-state index contributed by atoms with van der Waals surface area (Å²) < 4.78 is 3.41. The summed E-state index contributed by atoms with van der Waals surface area (Å²) in [4.78, 5) is 1.38. The fraction of sp³-hybridized carbons (Fsp3) is 0.250. The number of benzene rings is 1. The smallest absolute Gasteiger partial charge is 0.0352 e. The second-order valence-corrected chi connectivity index (χ2v) is 4.79. The molecule has 2 rings (SSSR count). The predicted molar refractivity (Wildman–Crippen MR) is 51.5 cm³/mol. The lowest BCUT2D eigenvalue weighted by molar-refractivity contribution is 0.581. The van der Waals surface area contributed by atoms with Gasteiger partial charge in [-0.1, -0.05) is 15.9 Å². The molecule has 1 aromatic rings. The first-order chi connectivity index (χ1) is 5.25. The first-order valence-corrected chi connectivity index (χ1v) is 5.00. The maximum Gasteiger partial charge on any atom is 0.0352 e. The zero-order valence-electron chi connectivity index (χ0n) is 6.17. The van der Waals surface area contributed by atoms with Crippen LogP contribution in [-0.4, -0.2) is 11.4 Å². The normalized spacial score (nSPS) is 16.9. The van der Waals surface area contributed by atoms with E-state index in [0.29, 0.717) is 0 Å². The van der Waals surface area contributed by atoms with Crippen LogP contribution in [0.4, 0.5) is 0 Å². The zero-order chi connectivity index (χ0) is 7.84. The van der Waals surface area contributed by atoms with Gasteiger partial charge < -0.3 is 0 Å². The minimum atomic E-state index is 1.06. The molecule has 0 atom stereocenters. The third kappa shape index (κ3) is 1.45. The van der Waals surface area contributed by atoms with Gasteiger partial charge in [0.2, 0.25) is 0 Å². The average Bonchev–Trinajstić information content (AvgIpc) is 2.27. The molecule has 0 saturated heterocycles. The zero-order valence-corrected chi connectivity index (χ0v) is 8.58. The highest BCUT2D eigenvalue weighted by atomic mass is 79.9. The monoisotopic (exact) mass is 229 g/mol. The minimum Gasteiger partial charge on any atom is -0.245 e. The quantitative estimate of drug-likeness (QED) is 0.630. The van der Waals surface area contributed by atoms with E-state index < -0.39 is 0 Å². The molecule has 0 amide bonds. The largest absolute Gasteiger partial charge is 0.245 e. The number of halogens is 1. The summed E-state index contributed by atoms with van der Waals surface area (Å²) >= 11 is 5.27. The molecule has 0 N–H and O–H groups in total. The van der Waals surface area contributed by atoms with Crippen LogP contribution in [0.25, 0.3) is 0 Å². The molecule has 1 aromatic carbocycles. The van der Waals surface area contributed by atoms with Crippen molar-refractivity contribution in [2.45, 2.75) is 11.4 Å². The number of nitrogens with zero attached hydrogens (tertiary/aromatic N) is 1. The summed E-state index contributed by atoms with van der Waals surface area (Å²) in [7, 11) is 2.11. The number of rotatable bonds is 0. The van der Waals surface area contributed by atoms with Gasteiger partial charge in [-0.2, -0.15) is 0 Å². The number of fused-ring (bicyclic) bond motifs is 1. The van der Waals surface area contributed by atoms with Gasteiger partial charge in [0, 0.05) is 15.9 Å². The molecular weight excluding hydrogens is 222 g/mol. The lowest BCUT2D eigenvalue weighted by Gasteiger charge is -2.00. The van der Waals surface area contributed by atoms with Crippen molar-refractivity contribution in [1.29, 1.82) is 0 Å². The Morgan fingerprint density at radius 3 is 3.18 bits per heavy atom. The number of hydrogen-bond donors (Lipinski definition) is 0. The third-order valence-electron chi connectivity index (χ3n) is 1.67. The van der Waals surface area contributed by atoms with Crippen molar-refractivity contribution in [2.24, 2.45) is 0 Å². The van der Waals surface area contributed by atoms with E-state index in [1.807, 2.05) is 11.9 Å². The molecular formula is C8H8BrNS. The van der Waals surface area contributed by atoms with Gasteiger partial charge in [-0.05, 0) is 42.8 Å². The fourth-order valence-electron chi connectivity index (χ4n) is 1.20. The summed E-state index contributed by atoms with van der Waals surface area (Å²) in [5.41, 5.74) is 1.42. The van der Waals surface area contributed by atoms with Gasteiger partial charge in [0.1, 0.15) is 0 Å². The van der Waals surface area contributed by atoms with Gasteiger partial charge in [-0.15, -0.1) is 0 Å². The van der Waals surface area contributed by atoms with Crippen LogP contribution in [0.1, 0.15) is 5.56 Å². The topological polar surface area (TPSA) is 3.24 Å². The summed E-state index contributed by atoms with van der Waals surface area (Å²) in [6.07, 6.45) is 0. The molecule has 0 radical (unpaired) electrons. The van der Waals surface area contributed by atoms with E-state index in [-0.39, 0.29) is 0 Å². The first kappa shape index (κ1) is 7.65. The van der Waals surface area contributed by atoms with Crippen molar-refractivity contribution >= 4 is 27.9 Å². The molecule has 0 saturated carbocycles. The second-order valence-electron chi connectivity index (χ2n) is 2.63. The van der Waals surface area contributed by atoms with Gasteiger partial charge in [-0.25, -0.2) is 4.31 Å². The lowest BCUT2D eigenvalue weighted by atomic mass is 10.2. The molecule has 1 aliphatic heterocycles. The molecule has 3 heteroatoms. The molecule has 1 nitrogen and oxygen atoms in total. The summed E-state index contributed by atoms with van der Waals surface area (Å²) in [6, 6.07) is 6.43. The van der Waals surface area contributed by atoms with Crippen molar-refractivity contribution in [3.8, 4) is 0 Å². The molecule has 0 fully saturated rings. The van der Waals surface area contributed by atoms with Crippen LogP contribution in [-0.2, 0) is 6.54 Å². The first-order valence-electron chi connectivity index (χ1n) is 3.43. The Morgan fingerprint density at radius 2 is 2.36 bits per heavy atom. The summed E-state index contributed by atoms with van der Waals surface area (Å²) in [5, 5.41) is 0. The van der Waals surface area contributed by atoms with E-state index in [0.717, 1.165) is 6.54 Å². The molecule has 0 unspecified atom stereocenters. The maximum atomic E-state index is 3.46. The van der Waals surface area contributed by atoms with Gasteiger partial charge in [0.25, 0.3) is 0 Å². The Bertz CT molecular complexity index is 287. The molecule has 0 bridgehead atoms. The van der Waals surface area contributed by atoms with Crippen LogP contribution >= 0.6 is 27.9 Å². The average molecular weight is 230 g/mol. The minimum absolute atomic E-state index is 1.06. The van der Waals surface area contributed by atoms with Crippen LogP contribution in [0, 0.1) is 0 Å². The van der Waals surface area contributed by atoms with E-state index in [2.05, 4.69) is 45.5 Å². The fourth-order valence-corrected chi connectivity index (χ4v) is 2.52. The van der Waals surface area contributed by atoms with Crippen LogP contribution in [0.5, 0.6) is 0 Å². The Hall–Kier alpha value is 0.01000. The third-order valence-corrected chi connectivity index (χ3v) is 3.20. The van der Waals surface area contributed by atoms with Crippen molar-refractivity contribution in [1.82, 2.24) is 4.31 Å². The standard InChI is InChI=1S/C8H8BrNS/c1-10-5-6-4-7(9)2-3-8(6)11-10/h2-4H,5H2,1H3. The Labute approximate surface area is 79.0 Å². The number of hydrogen-bond acceptors (Lipinski definition) is 2. The molecule has 58 valence electrons. The Kier molecular flexibility index (Phi) is 1.95. The van der Waals surface area contributed by atoms with Gasteiger partial charge in [0.15, 0.2) is 0 Å². The van der Waals surface area contributed by atoms with E-state index >= 15 is 0 Å². The van der Waals surface area contributed by atoms with Crippen molar-refractivity contribution in [3.63, 3.8) is 0 Å². The van der Waals surface area contributed by atoms with Crippen LogP contribution in [0.3, 0.4) is 0 Å². The second kappa shape index (κ2) is 2.81. The van der Waals surface area contributed by atoms with Crippen molar-refractivity contribution < 1.29 is 0 Å². The molecule has 0 spiro atoms.